The van der Waals surface area contributed by atoms with Crippen LogP contribution in [0.15, 0.2) is 29.1 Å². The Morgan fingerprint density at radius 1 is 1.42 bits per heavy atom. The summed E-state index contributed by atoms with van der Waals surface area (Å²) in [5.41, 5.74) is 1.01. The second kappa shape index (κ2) is 7.88. The summed E-state index contributed by atoms with van der Waals surface area (Å²) in [6.45, 7) is 3.45. The molecular formula is C18H23FN2O3. The van der Waals surface area contributed by atoms with Crippen molar-refractivity contribution in [2.45, 2.75) is 25.5 Å². The van der Waals surface area contributed by atoms with Crippen molar-refractivity contribution in [3.63, 3.8) is 0 Å². The molecule has 0 saturated carbocycles. The molecule has 2 heterocycles. The van der Waals surface area contributed by atoms with E-state index < -0.39 is 0 Å². The van der Waals surface area contributed by atoms with E-state index in [1.54, 1.807) is 13.2 Å². The largest absolute Gasteiger partial charge is 0.383 e. The van der Waals surface area contributed by atoms with E-state index in [9.17, 15) is 9.18 Å². The van der Waals surface area contributed by atoms with Crippen molar-refractivity contribution >= 4 is 10.9 Å². The molecular weight excluding hydrogens is 311 g/mol. The predicted molar refractivity (Wildman–Crippen MR) is 90.7 cm³/mol. The van der Waals surface area contributed by atoms with Gasteiger partial charge in [0, 0.05) is 38.9 Å². The number of methoxy groups -OCH3 is 1. The Labute approximate surface area is 140 Å². The minimum absolute atomic E-state index is 0.178. The number of nitrogens with zero attached hydrogens (tertiary/aromatic N) is 1. The lowest BCUT2D eigenvalue weighted by molar-refractivity contribution is 0.0586. The van der Waals surface area contributed by atoms with Crippen LogP contribution in [0.2, 0.25) is 0 Å². The molecule has 130 valence electrons. The van der Waals surface area contributed by atoms with Crippen LogP contribution in [0.25, 0.3) is 10.9 Å². The van der Waals surface area contributed by atoms with Gasteiger partial charge in [0.05, 0.1) is 18.2 Å². The van der Waals surface area contributed by atoms with E-state index >= 15 is 0 Å². The van der Waals surface area contributed by atoms with E-state index in [4.69, 9.17) is 9.47 Å². The van der Waals surface area contributed by atoms with Crippen LogP contribution in [-0.4, -0.2) is 49.4 Å². The first kappa shape index (κ1) is 17.1. The zero-order chi connectivity index (χ0) is 16.9. The lowest BCUT2D eigenvalue weighted by Crippen LogP contribution is -2.35. The number of rotatable bonds is 7. The van der Waals surface area contributed by atoms with Crippen LogP contribution in [0.1, 0.15) is 18.4 Å². The molecule has 24 heavy (non-hydrogen) atoms. The van der Waals surface area contributed by atoms with E-state index in [2.05, 4.69) is 9.88 Å². The maximum absolute atomic E-state index is 13.3. The van der Waals surface area contributed by atoms with E-state index in [1.807, 2.05) is 6.07 Å². The monoisotopic (exact) mass is 334 g/mol. The molecule has 0 spiro atoms. The molecule has 6 heteroatoms. The normalized spacial score (nSPS) is 17.9. The average molecular weight is 334 g/mol. The van der Waals surface area contributed by atoms with Gasteiger partial charge in [-0.1, -0.05) is 0 Å². The highest BCUT2D eigenvalue weighted by molar-refractivity contribution is 5.78. The zero-order valence-corrected chi connectivity index (χ0v) is 13.9. The van der Waals surface area contributed by atoms with Crippen molar-refractivity contribution in [3.8, 4) is 0 Å². The molecule has 0 radical (unpaired) electrons. The Balaban J connectivity index is 1.79. The van der Waals surface area contributed by atoms with Crippen LogP contribution < -0.4 is 5.56 Å². The van der Waals surface area contributed by atoms with E-state index in [0.29, 0.717) is 24.2 Å². The molecule has 1 unspecified atom stereocenters. The molecule has 1 aromatic carbocycles. The van der Waals surface area contributed by atoms with Crippen LogP contribution in [0.5, 0.6) is 0 Å². The summed E-state index contributed by atoms with van der Waals surface area (Å²) in [5, 5.41) is 0.829. The SMILES string of the molecule is COCCN(Cc1cc2ccc(F)cc2[nH]c1=O)CC1CCCO1. The molecule has 5 nitrogen and oxygen atoms in total. The van der Waals surface area contributed by atoms with E-state index in [1.165, 1.54) is 12.1 Å². The number of hydrogen-bond acceptors (Lipinski definition) is 4. The van der Waals surface area contributed by atoms with Crippen LogP contribution in [0.4, 0.5) is 4.39 Å². The standard InChI is InChI=1S/C18H23FN2O3/c1-23-8-6-21(12-16-3-2-7-24-16)11-14-9-13-4-5-15(19)10-17(13)20-18(14)22/h4-5,9-10,16H,2-3,6-8,11-12H2,1H3,(H,20,22). The topological polar surface area (TPSA) is 54.6 Å². The number of nitrogens with one attached hydrogen (secondary N) is 1. The first-order chi connectivity index (χ1) is 11.7. The summed E-state index contributed by atoms with van der Waals surface area (Å²) in [6, 6.07) is 6.27. The van der Waals surface area contributed by atoms with Crippen molar-refractivity contribution in [2.24, 2.45) is 0 Å². The zero-order valence-electron chi connectivity index (χ0n) is 13.9. The number of aromatic amines is 1. The van der Waals surface area contributed by atoms with Gasteiger partial charge >= 0.3 is 0 Å². The second-order valence-electron chi connectivity index (χ2n) is 6.22. The molecule has 3 rings (SSSR count). The van der Waals surface area contributed by atoms with Gasteiger partial charge in [-0.05, 0) is 42.5 Å². The Morgan fingerprint density at radius 3 is 3.04 bits per heavy atom. The lowest BCUT2D eigenvalue weighted by Gasteiger charge is -2.24. The number of pyridine rings is 1. The van der Waals surface area contributed by atoms with Crippen molar-refractivity contribution in [3.05, 3.63) is 46.0 Å². The summed E-state index contributed by atoms with van der Waals surface area (Å²) >= 11 is 0. The smallest absolute Gasteiger partial charge is 0.252 e. The van der Waals surface area contributed by atoms with Gasteiger partial charge in [0.1, 0.15) is 5.82 Å². The highest BCUT2D eigenvalue weighted by atomic mass is 19.1. The predicted octanol–water partition coefficient (Wildman–Crippen LogP) is 2.29. The third kappa shape index (κ3) is 4.20. The molecule has 1 atom stereocenters. The number of H-pyrrole nitrogens is 1. The summed E-state index contributed by atoms with van der Waals surface area (Å²) in [4.78, 5) is 17.3. The van der Waals surface area contributed by atoms with Gasteiger partial charge in [-0.3, -0.25) is 9.69 Å². The number of fused-ring (bicyclic) bond motifs is 1. The van der Waals surface area contributed by atoms with Gasteiger partial charge in [0.25, 0.3) is 5.56 Å². The van der Waals surface area contributed by atoms with Gasteiger partial charge in [0.2, 0.25) is 0 Å². The van der Waals surface area contributed by atoms with Crippen LogP contribution in [-0.2, 0) is 16.0 Å². The van der Waals surface area contributed by atoms with Crippen molar-refractivity contribution in [1.82, 2.24) is 9.88 Å². The van der Waals surface area contributed by atoms with Gasteiger partial charge in [0.15, 0.2) is 0 Å². The Hall–Kier alpha value is -1.76. The molecule has 0 aliphatic carbocycles. The van der Waals surface area contributed by atoms with Gasteiger partial charge in [-0.2, -0.15) is 0 Å². The van der Waals surface area contributed by atoms with E-state index in [-0.39, 0.29) is 17.5 Å². The molecule has 2 aromatic rings. The third-order valence-corrected chi connectivity index (χ3v) is 4.38. The highest BCUT2D eigenvalue weighted by Crippen LogP contribution is 2.16. The van der Waals surface area contributed by atoms with Crippen LogP contribution >= 0.6 is 0 Å². The summed E-state index contributed by atoms with van der Waals surface area (Å²) in [6.07, 6.45) is 2.36. The van der Waals surface area contributed by atoms with Crippen molar-refractivity contribution in [1.29, 1.82) is 0 Å². The molecule has 1 aliphatic rings. The maximum Gasteiger partial charge on any atom is 0.252 e. The lowest BCUT2D eigenvalue weighted by atomic mass is 10.1. The fourth-order valence-corrected chi connectivity index (χ4v) is 3.11. The molecule has 0 amide bonds. The summed E-state index contributed by atoms with van der Waals surface area (Å²) in [7, 11) is 1.67. The number of ether oxygens (including phenoxy) is 2. The number of halogens is 1. The number of hydrogen-bond donors (Lipinski definition) is 1. The highest BCUT2D eigenvalue weighted by Gasteiger charge is 2.20. The molecule has 0 bridgehead atoms. The Bertz CT molecular complexity index is 741. The molecule has 1 N–H and O–H groups in total. The second-order valence-corrected chi connectivity index (χ2v) is 6.22. The summed E-state index contributed by atoms with van der Waals surface area (Å²) < 4.78 is 24.2. The van der Waals surface area contributed by atoms with Crippen LogP contribution in [0, 0.1) is 5.82 Å². The van der Waals surface area contributed by atoms with Crippen LogP contribution in [0.3, 0.4) is 0 Å². The average Bonchev–Trinajstić information content (AvgIpc) is 3.06. The van der Waals surface area contributed by atoms with Gasteiger partial charge in [-0.25, -0.2) is 4.39 Å². The molecule has 1 fully saturated rings. The first-order valence-electron chi connectivity index (χ1n) is 8.30. The maximum atomic E-state index is 13.3. The molecule has 1 aliphatic heterocycles. The van der Waals surface area contributed by atoms with Crippen molar-refractivity contribution < 1.29 is 13.9 Å². The van der Waals surface area contributed by atoms with Crippen molar-refractivity contribution in [2.75, 3.05) is 33.4 Å². The Kier molecular flexibility index (Phi) is 5.60. The number of aromatic nitrogens is 1. The first-order valence-corrected chi connectivity index (χ1v) is 8.30. The molecule has 1 aromatic heterocycles. The number of benzene rings is 1. The minimum Gasteiger partial charge on any atom is -0.383 e. The Morgan fingerprint density at radius 2 is 2.29 bits per heavy atom. The van der Waals surface area contributed by atoms with Gasteiger partial charge < -0.3 is 14.5 Å². The van der Waals surface area contributed by atoms with E-state index in [0.717, 1.165) is 37.9 Å². The summed E-state index contributed by atoms with van der Waals surface area (Å²) in [5.74, 6) is -0.356. The molecule has 1 saturated heterocycles. The third-order valence-electron chi connectivity index (χ3n) is 4.38. The fraction of sp³-hybridized carbons (Fsp3) is 0.500. The minimum atomic E-state index is -0.356. The quantitative estimate of drug-likeness (QED) is 0.844. The van der Waals surface area contributed by atoms with Gasteiger partial charge in [-0.15, -0.1) is 0 Å². The fourth-order valence-electron chi connectivity index (χ4n) is 3.11.